The molecule has 0 bridgehead atoms. The van der Waals surface area contributed by atoms with Gasteiger partial charge in [0.2, 0.25) is 0 Å². The van der Waals surface area contributed by atoms with Crippen LogP contribution in [0.25, 0.3) is 0 Å². The zero-order valence-corrected chi connectivity index (χ0v) is 13.9. The molecule has 22 heavy (non-hydrogen) atoms. The summed E-state index contributed by atoms with van der Waals surface area (Å²) < 4.78 is 11.1. The van der Waals surface area contributed by atoms with E-state index in [0.717, 1.165) is 38.4 Å². The third-order valence-corrected chi connectivity index (χ3v) is 3.77. The molecular formula is C18H27NO3. The van der Waals surface area contributed by atoms with Crippen molar-refractivity contribution in [2.75, 3.05) is 39.5 Å². The van der Waals surface area contributed by atoms with E-state index < -0.39 is 0 Å². The molecule has 0 amide bonds. The maximum absolute atomic E-state index is 12.6. The number of nitrogens with zero attached hydrogens (tertiary/aromatic N) is 1. The van der Waals surface area contributed by atoms with Crippen LogP contribution in [0.4, 0.5) is 0 Å². The number of aryl methyl sites for hydroxylation is 1. The van der Waals surface area contributed by atoms with Crippen LogP contribution in [0.5, 0.6) is 5.75 Å². The van der Waals surface area contributed by atoms with Crippen molar-refractivity contribution in [1.29, 1.82) is 0 Å². The fourth-order valence-electron chi connectivity index (χ4n) is 2.46. The summed E-state index contributed by atoms with van der Waals surface area (Å²) in [7, 11) is 0. The van der Waals surface area contributed by atoms with Crippen LogP contribution in [-0.2, 0) is 4.74 Å². The van der Waals surface area contributed by atoms with E-state index in [1.807, 2.05) is 25.1 Å². The monoisotopic (exact) mass is 305 g/mol. The van der Waals surface area contributed by atoms with E-state index in [0.29, 0.717) is 30.3 Å². The van der Waals surface area contributed by atoms with Crippen LogP contribution in [0, 0.1) is 12.8 Å². The average Bonchev–Trinajstić information content (AvgIpc) is 2.52. The first kappa shape index (κ1) is 17.0. The van der Waals surface area contributed by atoms with Gasteiger partial charge in [-0.05, 0) is 25.0 Å². The predicted molar refractivity (Wildman–Crippen MR) is 87.7 cm³/mol. The van der Waals surface area contributed by atoms with Gasteiger partial charge in [0.1, 0.15) is 5.75 Å². The Labute approximate surface area is 133 Å². The summed E-state index contributed by atoms with van der Waals surface area (Å²) in [5, 5.41) is 0. The van der Waals surface area contributed by atoms with Gasteiger partial charge >= 0.3 is 0 Å². The minimum Gasteiger partial charge on any atom is -0.493 e. The van der Waals surface area contributed by atoms with Gasteiger partial charge in [0.25, 0.3) is 0 Å². The Bertz CT molecular complexity index is 493. The van der Waals surface area contributed by atoms with Gasteiger partial charge in [0.05, 0.1) is 25.4 Å². The first-order chi connectivity index (χ1) is 10.6. The predicted octanol–water partition coefficient (Wildman–Crippen LogP) is 2.93. The van der Waals surface area contributed by atoms with Gasteiger partial charge in [-0.25, -0.2) is 0 Å². The number of ether oxygens (including phenoxy) is 2. The third-order valence-electron chi connectivity index (χ3n) is 3.77. The summed E-state index contributed by atoms with van der Waals surface area (Å²) in [6.45, 7) is 11.0. The van der Waals surface area contributed by atoms with Crippen molar-refractivity contribution in [3.63, 3.8) is 0 Å². The molecular weight excluding hydrogens is 278 g/mol. The number of ketones is 1. The molecule has 0 atom stereocenters. The van der Waals surface area contributed by atoms with Gasteiger partial charge in [-0.2, -0.15) is 0 Å². The zero-order chi connectivity index (χ0) is 15.9. The topological polar surface area (TPSA) is 38.8 Å². The number of carbonyl (C=O) groups is 1. The lowest BCUT2D eigenvalue weighted by atomic mass is 10.0. The molecule has 1 aliphatic rings. The van der Waals surface area contributed by atoms with Crippen molar-refractivity contribution in [3.05, 3.63) is 29.3 Å². The van der Waals surface area contributed by atoms with Gasteiger partial charge in [-0.15, -0.1) is 0 Å². The average molecular weight is 305 g/mol. The Morgan fingerprint density at radius 1 is 1.32 bits per heavy atom. The molecule has 1 aromatic carbocycles. The number of benzene rings is 1. The smallest absolute Gasteiger partial charge is 0.167 e. The Balaban J connectivity index is 1.98. The fraction of sp³-hybridized carbons (Fsp3) is 0.611. The van der Waals surface area contributed by atoms with Crippen molar-refractivity contribution in [3.8, 4) is 5.75 Å². The lowest BCUT2D eigenvalue weighted by molar-refractivity contribution is 0.0370. The maximum atomic E-state index is 12.6. The zero-order valence-electron chi connectivity index (χ0n) is 13.9. The molecule has 1 saturated heterocycles. The summed E-state index contributed by atoms with van der Waals surface area (Å²) >= 11 is 0. The second-order valence-corrected chi connectivity index (χ2v) is 6.33. The minimum absolute atomic E-state index is 0.161. The highest BCUT2D eigenvalue weighted by Gasteiger charge is 2.16. The number of hydrogen-bond donors (Lipinski definition) is 0. The van der Waals surface area contributed by atoms with E-state index in [9.17, 15) is 4.79 Å². The molecule has 0 unspecified atom stereocenters. The Morgan fingerprint density at radius 2 is 2.05 bits per heavy atom. The first-order valence-electron chi connectivity index (χ1n) is 8.13. The van der Waals surface area contributed by atoms with Crippen LogP contribution in [-0.4, -0.2) is 50.1 Å². The van der Waals surface area contributed by atoms with Crippen LogP contribution >= 0.6 is 0 Å². The highest BCUT2D eigenvalue weighted by atomic mass is 16.5. The maximum Gasteiger partial charge on any atom is 0.167 e. The van der Waals surface area contributed by atoms with Gasteiger partial charge in [-0.1, -0.05) is 25.5 Å². The molecule has 0 spiro atoms. The molecule has 1 aliphatic heterocycles. The lowest BCUT2D eigenvalue weighted by Crippen LogP contribution is -2.37. The van der Waals surface area contributed by atoms with E-state index in [1.165, 1.54) is 0 Å². The number of Topliss-reactive ketones (excluding diaryl/α,β-unsaturated/α-hetero) is 1. The first-order valence-corrected chi connectivity index (χ1v) is 8.13. The van der Waals surface area contributed by atoms with Crippen LogP contribution < -0.4 is 4.74 Å². The Morgan fingerprint density at radius 3 is 2.73 bits per heavy atom. The van der Waals surface area contributed by atoms with Crippen LogP contribution in [0.3, 0.4) is 0 Å². The van der Waals surface area contributed by atoms with Crippen molar-refractivity contribution >= 4 is 5.78 Å². The van der Waals surface area contributed by atoms with E-state index in [4.69, 9.17) is 9.47 Å². The third kappa shape index (κ3) is 5.11. The standard InChI is InChI=1S/C18H27NO3/c1-14(2)13-22-18-5-4-15(3)12-16(18)17(20)6-7-19-8-10-21-11-9-19/h4-5,12,14H,6-11,13H2,1-3H3. The molecule has 122 valence electrons. The van der Waals surface area contributed by atoms with E-state index in [-0.39, 0.29) is 5.78 Å². The van der Waals surface area contributed by atoms with Crippen molar-refractivity contribution in [2.24, 2.45) is 5.92 Å². The molecule has 2 rings (SSSR count). The molecule has 4 nitrogen and oxygen atoms in total. The largest absolute Gasteiger partial charge is 0.493 e. The summed E-state index contributed by atoms with van der Waals surface area (Å²) in [6.07, 6.45) is 0.529. The molecule has 0 radical (unpaired) electrons. The van der Waals surface area contributed by atoms with Crippen molar-refractivity contribution < 1.29 is 14.3 Å². The summed E-state index contributed by atoms with van der Waals surface area (Å²) in [5.74, 6) is 1.32. The van der Waals surface area contributed by atoms with Crippen LogP contribution in [0.2, 0.25) is 0 Å². The number of rotatable bonds is 7. The molecule has 0 N–H and O–H groups in total. The molecule has 0 aliphatic carbocycles. The number of hydrogen-bond acceptors (Lipinski definition) is 4. The second-order valence-electron chi connectivity index (χ2n) is 6.33. The lowest BCUT2D eigenvalue weighted by Gasteiger charge is -2.26. The molecule has 1 heterocycles. The van der Waals surface area contributed by atoms with E-state index >= 15 is 0 Å². The van der Waals surface area contributed by atoms with Gasteiger partial charge < -0.3 is 9.47 Å². The summed E-state index contributed by atoms with van der Waals surface area (Å²) in [6, 6.07) is 5.85. The highest BCUT2D eigenvalue weighted by molar-refractivity contribution is 5.99. The Kier molecular flexibility index (Phi) is 6.40. The molecule has 1 fully saturated rings. The molecule has 4 heteroatoms. The second kappa shape index (κ2) is 8.30. The highest BCUT2D eigenvalue weighted by Crippen LogP contribution is 2.22. The van der Waals surface area contributed by atoms with Crippen LogP contribution in [0.1, 0.15) is 36.2 Å². The van der Waals surface area contributed by atoms with E-state index in [2.05, 4.69) is 18.7 Å². The molecule has 0 saturated carbocycles. The minimum atomic E-state index is 0.161. The Hall–Kier alpha value is -1.39. The SMILES string of the molecule is Cc1ccc(OCC(C)C)c(C(=O)CCN2CCOCC2)c1. The number of morpholine rings is 1. The fourth-order valence-corrected chi connectivity index (χ4v) is 2.46. The number of carbonyl (C=O) groups excluding carboxylic acids is 1. The normalized spacial score (nSPS) is 16.0. The quantitative estimate of drug-likeness (QED) is 0.726. The van der Waals surface area contributed by atoms with Crippen molar-refractivity contribution in [2.45, 2.75) is 27.2 Å². The van der Waals surface area contributed by atoms with Gasteiger partial charge in [0.15, 0.2) is 5.78 Å². The van der Waals surface area contributed by atoms with Crippen molar-refractivity contribution in [1.82, 2.24) is 4.90 Å². The van der Waals surface area contributed by atoms with Gasteiger partial charge in [0, 0.05) is 26.1 Å². The molecule has 1 aromatic rings. The van der Waals surface area contributed by atoms with Gasteiger partial charge in [-0.3, -0.25) is 9.69 Å². The van der Waals surface area contributed by atoms with E-state index in [1.54, 1.807) is 0 Å². The molecule has 0 aromatic heterocycles. The summed E-state index contributed by atoms with van der Waals surface area (Å²) in [5.41, 5.74) is 1.81. The summed E-state index contributed by atoms with van der Waals surface area (Å²) in [4.78, 5) is 14.9. The van der Waals surface area contributed by atoms with Crippen LogP contribution in [0.15, 0.2) is 18.2 Å².